The van der Waals surface area contributed by atoms with Crippen molar-refractivity contribution in [3.8, 4) is 0 Å². The first-order chi connectivity index (χ1) is 18.9. The molecule has 0 aliphatic carbocycles. The molecule has 0 spiro atoms. The molecule has 0 saturated carbocycles. The summed E-state index contributed by atoms with van der Waals surface area (Å²) in [4.78, 5) is 7.72. The van der Waals surface area contributed by atoms with Crippen LogP contribution in [0.2, 0.25) is 0 Å². The van der Waals surface area contributed by atoms with Gasteiger partial charge in [0.05, 0.1) is 20.0 Å². The Labute approximate surface area is 260 Å². The van der Waals surface area contributed by atoms with Crippen molar-refractivity contribution >= 4 is 0 Å². The van der Waals surface area contributed by atoms with Gasteiger partial charge in [-0.1, -0.05) is 0 Å². The second-order valence-electron chi connectivity index (χ2n) is 18.3. The summed E-state index contributed by atoms with van der Waals surface area (Å²) in [6.45, 7) is 31.4. The first-order valence-electron chi connectivity index (χ1n) is 16.7. The van der Waals surface area contributed by atoms with Crippen LogP contribution in [0.15, 0.2) is 0 Å². The van der Waals surface area contributed by atoms with Gasteiger partial charge in [-0.3, -0.25) is 14.7 Å². The smallest absolute Gasteiger partial charge is 0.0812 e. The predicted molar refractivity (Wildman–Crippen MR) is 176 cm³/mol. The van der Waals surface area contributed by atoms with Crippen molar-refractivity contribution in [3.05, 3.63) is 0 Å². The fourth-order valence-corrected chi connectivity index (χ4v) is 9.16. The second kappa shape index (κ2) is 11.5. The molecule has 0 radical (unpaired) electrons. The Bertz CT molecular complexity index is 763. The third-order valence-electron chi connectivity index (χ3n) is 12.0. The normalized spacial score (nSPS) is 32.4. The fourth-order valence-electron chi connectivity index (χ4n) is 9.16. The van der Waals surface area contributed by atoms with Crippen LogP contribution in [0.3, 0.4) is 0 Å². The lowest BCUT2D eigenvalue weighted by atomic mass is 9.78. The zero-order chi connectivity index (χ0) is 31.7. The average molecular weight is 592 g/mol. The van der Waals surface area contributed by atoms with Crippen LogP contribution in [-0.2, 0) is 0 Å². The van der Waals surface area contributed by atoms with Crippen molar-refractivity contribution in [1.29, 1.82) is 0 Å². The molecule has 4 rings (SSSR count). The molecule has 0 aromatic rings. The van der Waals surface area contributed by atoms with Crippen LogP contribution in [0.25, 0.3) is 0 Å². The summed E-state index contributed by atoms with van der Waals surface area (Å²) in [5.41, 5.74) is 13.0. The van der Waals surface area contributed by atoms with Crippen LogP contribution in [0.4, 0.5) is 0 Å². The van der Waals surface area contributed by atoms with E-state index in [-0.39, 0.29) is 33.2 Å². The Kier molecular flexibility index (Phi) is 9.42. The van der Waals surface area contributed by atoms with Gasteiger partial charge in [0.2, 0.25) is 0 Å². The van der Waals surface area contributed by atoms with E-state index in [1.807, 2.05) is 0 Å². The van der Waals surface area contributed by atoms with E-state index in [1.165, 1.54) is 0 Å². The Hall–Kier alpha value is -0.360. The Balaban J connectivity index is 1.51. The maximum atomic E-state index is 4.03. The van der Waals surface area contributed by atoms with Gasteiger partial charge in [0, 0.05) is 51.4 Å². The van der Waals surface area contributed by atoms with Gasteiger partial charge in [-0.05, 0) is 143 Å². The molecule has 0 atom stereocenters. The molecule has 4 aliphatic heterocycles. The molecule has 9 heteroatoms. The lowest BCUT2D eigenvalue weighted by molar-refractivity contribution is -0.139. The van der Waals surface area contributed by atoms with Gasteiger partial charge in [-0.2, -0.15) is 0 Å². The van der Waals surface area contributed by atoms with E-state index in [4.69, 9.17) is 0 Å². The molecule has 0 unspecified atom stereocenters. The zero-order valence-electron chi connectivity index (χ0n) is 30.3. The number of rotatable bonds is 6. The summed E-state index contributed by atoms with van der Waals surface area (Å²) in [5.74, 6) is 0. The van der Waals surface area contributed by atoms with Gasteiger partial charge < -0.3 is 0 Å². The zero-order valence-corrected chi connectivity index (χ0v) is 30.3. The Morgan fingerprint density at radius 1 is 0.357 bits per heavy atom. The van der Waals surface area contributed by atoms with E-state index in [2.05, 4.69) is 150 Å². The summed E-state index contributed by atoms with van der Waals surface area (Å²) in [6, 6.07) is 1.32. The van der Waals surface area contributed by atoms with Crippen molar-refractivity contribution in [2.24, 2.45) is 0 Å². The van der Waals surface area contributed by atoms with E-state index in [0.29, 0.717) is 18.1 Å². The van der Waals surface area contributed by atoms with E-state index in [9.17, 15) is 0 Å². The molecule has 4 fully saturated rings. The number of piperidine rings is 3. The minimum absolute atomic E-state index is 0.154. The van der Waals surface area contributed by atoms with E-state index in [1.54, 1.807) is 0 Å². The molecule has 0 amide bonds. The highest BCUT2D eigenvalue weighted by Gasteiger charge is 2.47. The highest BCUT2D eigenvalue weighted by Crippen LogP contribution is 2.39. The number of likely N-dealkylation sites (tertiary alicyclic amines) is 3. The summed E-state index contributed by atoms with van der Waals surface area (Å²) in [5, 5.41) is 7.38. The van der Waals surface area contributed by atoms with Gasteiger partial charge in [0.15, 0.2) is 0 Å². The third kappa shape index (κ3) is 7.37. The van der Waals surface area contributed by atoms with Crippen molar-refractivity contribution in [2.45, 2.75) is 173 Å². The second-order valence-corrected chi connectivity index (χ2v) is 18.3. The highest BCUT2D eigenvalue weighted by atomic mass is 15.8. The topological polar surface area (TPSA) is 55.5 Å². The minimum Gasteiger partial charge on any atom is -0.296 e. The molecule has 3 N–H and O–H groups in total. The van der Waals surface area contributed by atoms with E-state index < -0.39 is 0 Å². The van der Waals surface area contributed by atoms with Gasteiger partial charge in [-0.15, -0.1) is 0 Å². The molecular weight excluding hydrogens is 522 g/mol. The minimum atomic E-state index is 0.154. The standard InChI is InChI=1S/C33H69N9/c1-28(2)16-25(17-29(3,4)37(28)13)34-40-22-41(35-26-18-30(5,6)38(14)31(7,8)19-26)24-42(23-40)36-27-20-32(9,10)39(15)33(11,12)21-27/h25-27,34-36H,16-24H2,1-15H3. The number of hydrogen-bond donors (Lipinski definition) is 3. The van der Waals surface area contributed by atoms with Crippen molar-refractivity contribution in [3.63, 3.8) is 0 Å². The third-order valence-corrected chi connectivity index (χ3v) is 12.0. The quantitative estimate of drug-likeness (QED) is 0.421. The molecule has 0 bridgehead atoms. The number of hydrazine groups is 3. The van der Waals surface area contributed by atoms with Crippen LogP contribution in [0.5, 0.6) is 0 Å². The summed E-state index contributed by atoms with van der Waals surface area (Å²) in [6.07, 6.45) is 6.83. The molecule has 0 aromatic heterocycles. The molecule has 4 aliphatic rings. The SMILES string of the molecule is CN1C(C)(C)CC(NN2CN(NC3CC(C)(C)N(C)C(C)(C)C3)CN(NC3CC(C)(C)N(C)C(C)(C)C3)C2)CC1(C)C. The molecule has 4 saturated heterocycles. The van der Waals surface area contributed by atoms with Crippen LogP contribution in [0, 0.1) is 0 Å². The number of nitrogens with zero attached hydrogens (tertiary/aromatic N) is 6. The van der Waals surface area contributed by atoms with Crippen molar-refractivity contribution < 1.29 is 0 Å². The van der Waals surface area contributed by atoms with Crippen molar-refractivity contribution in [2.75, 3.05) is 41.1 Å². The first kappa shape index (κ1) is 34.5. The molecule has 42 heavy (non-hydrogen) atoms. The molecular formula is C33H69N9. The Morgan fingerprint density at radius 2 is 0.524 bits per heavy atom. The van der Waals surface area contributed by atoms with Crippen LogP contribution >= 0.6 is 0 Å². The Morgan fingerprint density at radius 3 is 0.690 bits per heavy atom. The molecule has 0 aromatic carbocycles. The largest absolute Gasteiger partial charge is 0.296 e. The van der Waals surface area contributed by atoms with Gasteiger partial charge in [-0.25, -0.2) is 31.3 Å². The summed E-state index contributed by atoms with van der Waals surface area (Å²) < 4.78 is 0. The maximum Gasteiger partial charge on any atom is 0.0812 e. The average Bonchev–Trinajstić information content (AvgIpc) is 2.78. The molecule has 4 heterocycles. The first-order valence-corrected chi connectivity index (χ1v) is 16.7. The van der Waals surface area contributed by atoms with Gasteiger partial charge >= 0.3 is 0 Å². The lowest BCUT2D eigenvalue weighted by Gasteiger charge is -2.56. The van der Waals surface area contributed by atoms with Gasteiger partial charge in [0.1, 0.15) is 0 Å². The maximum absolute atomic E-state index is 4.03. The highest BCUT2D eigenvalue weighted by molar-refractivity contribution is 5.03. The van der Waals surface area contributed by atoms with Crippen LogP contribution in [-0.4, -0.2) is 122 Å². The predicted octanol–water partition coefficient (Wildman–Crippen LogP) is 4.25. The van der Waals surface area contributed by atoms with E-state index >= 15 is 0 Å². The van der Waals surface area contributed by atoms with Crippen LogP contribution in [0.1, 0.15) is 122 Å². The van der Waals surface area contributed by atoms with Gasteiger partial charge in [0.25, 0.3) is 0 Å². The summed E-state index contributed by atoms with van der Waals surface area (Å²) >= 11 is 0. The number of nitrogens with one attached hydrogen (secondary N) is 3. The fraction of sp³-hybridized carbons (Fsp3) is 1.00. The lowest BCUT2D eigenvalue weighted by Crippen LogP contribution is -2.72. The number of hydrogen-bond acceptors (Lipinski definition) is 9. The van der Waals surface area contributed by atoms with Crippen molar-refractivity contribution in [1.82, 2.24) is 46.0 Å². The molecule has 9 nitrogen and oxygen atoms in total. The van der Waals surface area contributed by atoms with E-state index in [0.717, 1.165) is 58.5 Å². The molecule has 246 valence electrons. The monoisotopic (exact) mass is 592 g/mol. The van der Waals surface area contributed by atoms with Crippen LogP contribution < -0.4 is 16.3 Å². The summed E-state index contributed by atoms with van der Waals surface area (Å²) in [7, 11) is 6.89.